The van der Waals surface area contributed by atoms with E-state index in [0.717, 1.165) is 5.56 Å². The molecule has 72 valence electrons. The van der Waals surface area contributed by atoms with E-state index in [-0.39, 0.29) is 14.9 Å². The lowest BCUT2D eigenvalue weighted by Crippen LogP contribution is -1.83. The van der Waals surface area contributed by atoms with Crippen LogP contribution in [0.2, 0.25) is 0 Å². The standard InChI is InChI=1S/C11H12.2CH4/c1-4-10-8-6-7-9(3)11(10)5-2;;/h4-8H,1-2H2,3H3;2*1H4. The van der Waals surface area contributed by atoms with Crippen LogP contribution in [0.3, 0.4) is 0 Å². The minimum atomic E-state index is 0. The van der Waals surface area contributed by atoms with Gasteiger partial charge in [-0.2, -0.15) is 0 Å². The predicted molar refractivity (Wildman–Crippen MR) is 64.8 cm³/mol. The van der Waals surface area contributed by atoms with Gasteiger partial charge < -0.3 is 0 Å². The summed E-state index contributed by atoms with van der Waals surface area (Å²) in [5, 5.41) is 0. The van der Waals surface area contributed by atoms with Gasteiger partial charge >= 0.3 is 0 Å². The maximum atomic E-state index is 3.75. The SMILES string of the molecule is C.C.C=Cc1cccc(C)c1C=C. The van der Waals surface area contributed by atoms with E-state index in [9.17, 15) is 0 Å². The molecule has 13 heavy (non-hydrogen) atoms. The third kappa shape index (κ3) is 2.90. The molecule has 0 spiro atoms. The normalized spacial score (nSPS) is 7.77. The van der Waals surface area contributed by atoms with Crippen molar-refractivity contribution in [3.05, 3.63) is 48.0 Å². The molecule has 0 N–H and O–H groups in total. The minimum absolute atomic E-state index is 0. The number of hydrogen-bond acceptors (Lipinski definition) is 0. The molecule has 0 heteroatoms. The highest BCUT2D eigenvalue weighted by Gasteiger charge is 1.96. The Labute approximate surface area is 82.6 Å². The van der Waals surface area contributed by atoms with Crippen molar-refractivity contribution in [2.24, 2.45) is 0 Å². The molecule has 0 nitrogen and oxygen atoms in total. The summed E-state index contributed by atoms with van der Waals surface area (Å²) in [4.78, 5) is 0. The van der Waals surface area contributed by atoms with E-state index in [1.807, 2.05) is 24.3 Å². The van der Waals surface area contributed by atoms with Crippen LogP contribution in [0.4, 0.5) is 0 Å². The highest BCUT2D eigenvalue weighted by atomic mass is 14.0. The molecule has 0 aromatic heterocycles. The lowest BCUT2D eigenvalue weighted by Gasteiger charge is -2.03. The van der Waals surface area contributed by atoms with Crippen molar-refractivity contribution < 1.29 is 0 Å². The Morgan fingerprint density at radius 2 is 1.69 bits per heavy atom. The summed E-state index contributed by atoms with van der Waals surface area (Å²) >= 11 is 0. The van der Waals surface area contributed by atoms with Crippen LogP contribution in [-0.2, 0) is 0 Å². The summed E-state index contributed by atoms with van der Waals surface area (Å²) in [6.07, 6.45) is 3.72. The van der Waals surface area contributed by atoms with E-state index in [2.05, 4.69) is 26.1 Å². The van der Waals surface area contributed by atoms with Crippen LogP contribution in [-0.4, -0.2) is 0 Å². The van der Waals surface area contributed by atoms with Crippen molar-refractivity contribution in [2.45, 2.75) is 21.8 Å². The van der Waals surface area contributed by atoms with Gasteiger partial charge in [-0.15, -0.1) is 0 Å². The first-order chi connectivity index (χ1) is 5.29. The van der Waals surface area contributed by atoms with Crippen molar-refractivity contribution >= 4 is 12.2 Å². The van der Waals surface area contributed by atoms with Gasteiger partial charge in [0.1, 0.15) is 0 Å². The van der Waals surface area contributed by atoms with Gasteiger partial charge in [0.2, 0.25) is 0 Å². The Kier molecular flexibility index (Phi) is 6.84. The molecule has 0 bridgehead atoms. The second kappa shape index (κ2) is 6.24. The molecule has 0 amide bonds. The van der Waals surface area contributed by atoms with E-state index >= 15 is 0 Å². The summed E-state index contributed by atoms with van der Waals surface area (Å²) in [7, 11) is 0. The molecular formula is C13H20. The van der Waals surface area contributed by atoms with Gasteiger partial charge in [-0.05, 0) is 23.6 Å². The zero-order valence-electron chi connectivity index (χ0n) is 6.80. The van der Waals surface area contributed by atoms with Crippen molar-refractivity contribution in [1.82, 2.24) is 0 Å². The number of hydrogen-bond donors (Lipinski definition) is 0. The summed E-state index contributed by atoms with van der Waals surface area (Å²) in [6, 6.07) is 6.14. The zero-order valence-corrected chi connectivity index (χ0v) is 6.80. The van der Waals surface area contributed by atoms with Crippen LogP contribution >= 0.6 is 0 Å². The molecule has 0 aliphatic rings. The van der Waals surface area contributed by atoms with E-state index in [1.54, 1.807) is 0 Å². The fourth-order valence-corrected chi connectivity index (χ4v) is 1.16. The predicted octanol–water partition coefficient (Wildman–Crippen LogP) is 4.55. The molecular weight excluding hydrogens is 156 g/mol. The molecule has 0 saturated heterocycles. The molecule has 0 atom stereocenters. The lowest BCUT2D eigenvalue weighted by atomic mass is 10.0. The topological polar surface area (TPSA) is 0 Å². The Morgan fingerprint density at radius 3 is 2.08 bits per heavy atom. The van der Waals surface area contributed by atoms with Crippen molar-refractivity contribution in [3.63, 3.8) is 0 Å². The van der Waals surface area contributed by atoms with Gasteiger partial charge in [0, 0.05) is 0 Å². The van der Waals surface area contributed by atoms with Gasteiger partial charge in [-0.25, -0.2) is 0 Å². The molecule has 0 aliphatic heterocycles. The van der Waals surface area contributed by atoms with Gasteiger partial charge in [0.15, 0.2) is 0 Å². The molecule has 0 heterocycles. The second-order valence-corrected chi connectivity index (χ2v) is 2.49. The molecule has 0 aliphatic carbocycles. The lowest BCUT2D eigenvalue weighted by molar-refractivity contribution is 1.43. The van der Waals surface area contributed by atoms with Crippen LogP contribution in [0.1, 0.15) is 31.5 Å². The van der Waals surface area contributed by atoms with E-state index < -0.39 is 0 Å². The molecule has 0 unspecified atom stereocenters. The highest BCUT2D eigenvalue weighted by molar-refractivity contribution is 5.65. The first kappa shape index (κ1) is 14.2. The fourth-order valence-electron chi connectivity index (χ4n) is 1.16. The fraction of sp³-hybridized carbons (Fsp3) is 0.231. The van der Waals surface area contributed by atoms with Gasteiger partial charge in [0.05, 0.1) is 0 Å². The maximum Gasteiger partial charge on any atom is -0.0161 e. The van der Waals surface area contributed by atoms with E-state index in [4.69, 9.17) is 0 Å². The summed E-state index contributed by atoms with van der Waals surface area (Å²) < 4.78 is 0. The van der Waals surface area contributed by atoms with Crippen molar-refractivity contribution in [2.75, 3.05) is 0 Å². The zero-order chi connectivity index (χ0) is 8.27. The smallest absolute Gasteiger partial charge is 0.0161 e. The Bertz CT molecular complexity index is 282. The monoisotopic (exact) mass is 176 g/mol. The highest BCUT2D eigenvalue weighted by Crippen LogP contribution is 2.15. The Hall–Kier alpha value is -1.30. The number of aryl methyl sites for hydroxylation is 1. The summed E-state index contributed by atoms with van der Waals surface area (Å²) in [6.45, 7) is 9.56. The van der Waals surface area contributed by atoms with Gasteiger partial charge in [-0.3, -0.25) is 0 Å². The van der Waals surface area contributed by atoms with E-state index in [1.165, 1.54) is 11.1 Å². The van der Waals surface area contributed by atoms with Crippen molar-refractivity contribution in [1.29, 1.82) is 0 Å². The second-order valence-electron chi connectivity index (χ2n) is 2.49. The molecule has 1 aromatic rings. The number of benzene rings is 1. The first-order valence-corrected chi connectivity index (χ1v) is 3.64. The summed E-state index contributed by atoms with van der Waals surface area (Å²) in [5.41, 5.74) is 3.58. The Morgan fingerprint density at radius 1 is 1.08 bits per heavy atom. The maximum absolute atomic E-state index is 3.75. The first-order valence-electron chi connectivity index (χ1n) is 3.64. The largest absolute Gasteiger partial charge is 0.0984 e. The summed E-state index contributed by atoms with van der Waals surface area (Å²) in [5.74, 6) is 0. The van der Waals surface area contributed by atoms with Crippen LogP contribution < -0.4 is 0 Å². The average Bonchev–Trinajstić information content (AvgIpc) is 2.04. The Balaban J connectivity index is 0. The molecule has 0 saturated carbocycles. The molecule has 1 aromatic carbocycles. The van der Waals surface area contributed by atoms with Crippen LogP contribution in [0.5, 0.6) is 0 Å². The molecule has 0 radical (unpaired) electrons. The number of rotatable bonds is 2. The van der Waals surface area contributed by atoms with Gasteiger partial charge in [0.25, 0.3) is 0 Å². The van der Waals surface area contributed by atoms with Crippen LogP contribution in [0.15, 0.2) is 31.4 Å². The molecule has 0 fully saturated rings. The van der Waals surface area contributed by atoms with Gasteiger partial charge in [-0.1, -0.05) is 58.4 Å². The minimum Gasteiger partial charge on any atom is -0.0984 e. The third-order valence-electron chi connectivity index (χ3n) is 1.78. The third-order valence-corrected chi connectivity index (χ3v) is 1.78. The average molecular weight is 176 g/mol. The van der Waals surface area contributed by atoms with Crippen LogP contribution in [0.25, 0.3) is 12.2 Å². The quantitative estimate of drug-likeness (QED) is 0.620. The van der Waals surface area contributed by atoms with E-state index in [0.29, 0.717) is 0 Å². The molecule has 1 rings (SSSR count). The van der Waals surface area contributed by atoms with Crippen molar-refractivity contribution in [3.8, 4) is 0 Å². The van der Waals surface area contributed by atoms with Crippen LogP contribution in [0, 0.1) is 6.92 Å².